The van der Waals surface area contributed by atoms with Crippen LogP contribution in [0.1, 0.15) is 43.9 Å². The predicted octanol–water partition coefficient (Wildman–Crippen LogP) is 2.11. The molecule has 0 unspecified atom stereocenters. The van der Waals surface area contributed by atoms with Gasteiger partial charge in [0.1, 0.15) is 17.7 Å². The zero-order chi connectivity index (χ0) is 21.8. The number of nitrogens with zero attached hydrogens (tertiary/aromatic N) is 5. The van der Waals surface area contributed by atoms with E-state index in [0.717, 1.165) is 56.6 Å². The number of ether oxygens (including phenoxy) is 1. The Balaban J connectivity index is 1.44. The van der Waals surface area contributed by atoms with E-state index in [1.54, 1.807) is 20.3 Å². The van der Waals surface area contributed by atoms with Crippen LogP contribution in [0.15, 0.2) is 17.1 Å². The lowest BCUT2D eigenvalue weighted by Crippen LogP contribution is -2.40. The molecule has 2 aromatic rings. The zero-order valence-corrected chi connectivity index (χ0v) is 18.4. The summed E-state index contributed by atoms with van der Waals surface area (Å²) in [5.74, 6) is 0.651. The summed E-state index contributed by atoms with van der Waals surface area (Å²) in [6.07, 6.45) is 7.00. The lowest BCUT2D eigenvalue weighted by molar-refractivity contribution is -0.134. The number of fused-ring (bicyclic) bond motifs is 1. The molecule has 0 saturated carbocycles. The van der Waals surface area contributed by atoms with Crippen molar-refractivity contribution in [2.75, 3.05) is 33.4 Å². The number of hydrogen-bond donors (Lipinski definition) is 0. The molecule has 0 bridgehead atoms. The van der Waals surface area contributed by atoms with Gasteiger partial charge in [-0.05, 0) is 25.2 Å². The van der Waals surface area contributed by atoms with Crippen molar-refractivity contribution in [1.82, 2.24) is 24.6 Å². The van der Waals surface area contributed by atoms with Crippen molar-refractivity contribution in [2.24, 2.45) is 5.92 Å². The normalized spacial score (nSPS) is 17.1. The molecule has 168 valence electrons. The lowest BCUT2D eigenvalue weighted by atomic mass is 9.92. The van der Waals surface area contributed by atoms with Gasteiger partial charge in [-0.25, -0.2) is 4.98 Å². The molecule has 4 heterocycles. The average molecular weight is 430 g/mol. The highest BCUT2D eigenvalue weighted by molar-refractivity contribution is 5.77. The second-order valence-corrected chi connectivity index (χ2v) is 8.44. The topological polar surface area (TPSA) is 93.7 Å². The molecule has 0 spiro atoms. The molecule has 1 saturated heterocycles. The third-order valence-corrected chi connectivity index (χ3v) is 6.40. The van der Waals surface area contributed by atoms with E-state index >= 15 is 0 Å². The number of carbonyl (C=O) groups is 2. The van der Waals surface area contributed by atoms with E-state index < -0.39 is 0 Å². The number of rotatable bonds is 7. The van der Waals surface area contributed by atoms with E-state index in [-0.39, 0.29) is 11.8 Å². The standard InChI is InChI=1S/C22H31N5O4/c1-16(28)25-8-4-17(5-9-25)12-21(29)26-10-6-20-18(13-26)22(19-14-31-15-23-19)24-27(20)7-3-11-30-2/h14-15,17H,3-13H2,1-2H3. The minimum absolute atomic E-state index is 0.122. The number of methoxy groups -OCH3 is 1. The van der Waals surface area contributed by atoms with E-state index in [4.69, 9.17) is 14.3 Å². The van der Waals surface area contributed by atoms with Gasteiger partial charge in [0.05, 0.1) is 0 Å². The van der Waals surface area contributed by atoms with Gasteiger partial charge in [0, 0.05) is 77.5 Å². The molecule has 2 aliphatic heterocycles. The summed E-state index contributed by atoms with van der Waals surface area (Å²) < 4.78 is 12.4. The molecule has 0 N–H and O–H groups in total. The van der Waals surface area contributed by atoms with Crippen LogP contribution in [0.5, 0.6) is 0 Å². The molecule has 2 aromatic heterocycles. The van der Waals surface area contributed by atoms with E-state index in [1.165, 1.54) is 12.1 Å². The van der Waals surface area contributed by atoms with Crippen molar-refractivity contribution in [1.29, 1.82) is 0 Å². The van der Waals surface area contributed by atoms with Gasteiger partial charge < -0.3 is 19.0 Å². The maximum absolute atomic E-state index is 13.1. The fourth-order valence-corrected chi connectivity index (χ4v) is 4.61. The van der Waals surface area contributed by atoms with Gasteiger partial charge in [-0.2, -0.15) is 5.10 Å². The highest BCUT2D eigenvalue weighted by Crippen LogP contribution is 2.30. The van der Waals surface area contributed by atoms with Gasteiger partial charge in [-0.15, -0.1) is 0 Å². The monoisotopic (exact) mass is 429 g/mol. The first-order chi connectivity index (χ1) is 15.1. The third kappa shape index (κ3) is 4.81. The quantitative estimate of drug-likeness (QED) is 0.626. The third-order valence-electron chi connectivity index (χ3n) is 6.40. The molecule has 0 aliphatic carbocycles. The Labute approximate surface area is 182 Å². The maximum Gasteiger partial charge on any atom is 0.223 e. The van der Waals surface area contributed by atoms with Crippen LogP contribution in [0.3, 0.4) is 0 Å². The van der Waals surface area contributed by atoms with Crippen LogP contribution < -0.4 is 0 Å². The number of piperidine rings is 1. The number of hydrogen-bond acceptors (Lipinski definition) is 6. The van der Waals surface area contributed by atoms with Gasteiger partial charge in [-0.1, -0.05) is 0 Å². The number of carbonyl (C=O) groups excluding carboxylic acids is 2. The average Bonchev–Trinajstić information content (AvgIpc) is 3.42. The van der Waals surface area contributed by atoms with Crippen molar-refractivity contribution in [3.8, 4) is 11.4 Å². The van der Waals surface area contributed by atoms with Crippen molar-refractivity contribution in [3.05, 3.63) is 23.9 Å². The highest BCUT2D eigenvalue weighted by atomic mass is 16.5. The SMILES string of the molecule is COCCCn1nc(-c2cocn2)c2c1CCN(C(=O)CC1CCN(C(C)=O)CC1)C2. The molecule has 2 aliphatic rings. The molecule has 4 rings (SSSR count). The van der Waals surface area contributed by atoms with Crippen LogP contribution in [-0.4, -0.2) is 69.7 Å². The van der Waals surface area contributed by atoms with Crippen molar-refractivity contribution >= 4 is 11.8 Å². The Morgan fingerprint density at radius 2 is 2.03 bits per heavy atom. The van der Waals surface area contributed by atoms with E-state index in [1.807, 2.05) is 14.5 Å². The van der Waals surface area contributed by atoms with Crippen molar-refractivity contribution in [2.45, 2.75) is 52.1 Å². The van der Waals surface area contributed by atoms with Gasteiger partial charge in [-0.3, -0.25) is 14.3 Å². The lowest BCUT2D eigenvalue weighted by Gasteiger charge is -2.33. The van der Waals surface area contributed by atoms with Crippen molar-refractivity contribution < 1.29 is 18.7 Å². The van der Waals surface area contributed by atoms with Crippen LogP contribution in [0.25, 0.3) is 11.4 Å². The fraction of sp³-hybridized carbons (Fsp3) is 0.636. The highest BCUT2D eigenvalue weighted by Gasteiger charge is 2.30. The summed E-state index contributed by atoms with van der Waals surface area (Å²) in [5, 5.41) is 4.80. The minimum atomic E-state index is 0.122. The summed E-state index contributed by atoms with van der Waals surface area (Å²) in [7, 11) is 1.70. The summed E-state index contributed by atoms with van der Waals surface area (Å²) >= 11 is 0. The van der Waals surface area contributed by atoms with Crippen molar-refractivity contribution in [3.63, 3.8) is 0 Å². The Morgan fingerprint density at radius 1 is 1.23 bits per heavy atom. The smallest absolute Gasteiger partial charge is 0.223 e. The Hall–Kier alpha value is -2.68. The number of aromatic nitrogens is 3. The summed E-state index contributed by atoms with van der Waals surface area (Å²) in [6.45, 7) is 5.82. The Morgan fingerprint density at radius 3 is 2.71 bits per heavy atom. The molecule has 0 atom stereocenters. The summed E-state index contributed by atoms with van der Waals surface area (Å²) in [5.41, 5.74) is 3.74. The predicted molar refractivity (Wildman–Crippen MR) is 113 cm³/mol. The fourth-order valence-electron chi connectivity index (χ4n) is 4.61. The first kappa shape index (κ1) is 21.5. The van der Waals surface area contributed by atoms with Crippen LogP contribution in [-0.2, 0) is 33.8 Å². The van der Waals surface area contributed by atoms with Gasteiger partial charge >= 0.3 is 0 Å². The molecule has 9 heteroatoms. The van der Waals surface area contributed by atoms with E-state index in [2.05, 4.69) is 4.98 Å². The molecule has 1 fully saturated rings. The first-order valence-electron chi connectivity index (χ1n) is 11.1. The van der Waals surface area contributed by atoms with Crippen LogP contribution in [0, 0.1) is 5.92 Å². The largest absolute Gasteiger partial charge is 0.451 e. The molecule has 31 heavy (non-hydrogen) atoms. The van der Waals surface area contributed by atoms with Gasteiger partial charge in [0.25, 0.3) is 0 Å². The first-order valence-corrected chi connectivity index (χ1v) is 11.1. The van der Waals surface area contributed by atoms with Crippen LogP contribution >= 0.6 is 0 Å². The van der Waals surface area contributed by atoms with Crippen LogP contribution in [0.2, 0.25) is 0 Å². The number of amides is 2. The number of oxazole rings is 1. The molecular weight excluding hydrogens is 398 g/mol. The second kappa shape index (κ2) is 9.64. The Bertz CT molecular complexity index is 899. The Kier molecular flexibility index (Phi) is 6.70. The second-order valence-electron chi connectivity index (χ2n) is 8.44. The van der Waals surface area contributed by atoms with Gasteiger partial charge in [0.15, 0.2) is 6.39 Å². The maximum atomic E-state index is 13.1. The molecule has 9 nitrogen and oxygen atoms in total. The zero-order valence-electron chi connectivity index (χ0n) is 18.4. The van der Waals surface area contributed by atoms with Gasteiger partial charge in [0.2, 0.25) is 11.8 Å². The molecular formula is C22H31N5O4. The number of aryl methyl sites for hydroxylation is 1. The summed E-state index contributed by atoms with van der Waals surface area (Å²) in [4.78, 5) is 32.7. The van der Waals surface area contributed by atoms with E-state index in [0.29, 0.717) is 37.7 Å². The molecule has 0 radical (unpaired) electrons. The number of likely N-dealkylation sites (tertiary alicyclic amines) is 1. The molecule has 0 aromatic carbocycles. The molecule has 2 amide bonds. The summed E-state index contributed by atoms with van der Waals surface area (Å²) in [6, 6.07) is 0. The minimum Gasteiger partial charge on any atom is -0.451 e. The van der Waals surface area contributed by atoms with Crippen LogP contribution in [0.4, 0.5) is 0 Å². The van der Waals surface area contributed by atoms with E-state index in [9.17, 15) is 9.59 Å².